The minimum atomic E-state index is -4.30. The molecule has 0 saturated carbocycles. The van der Waals surface area contributed by atoms with Crippen LogP contribution in [0.4, 0.5) is 14.5 Å². The highest BCUT2D eigenvalue weighted by molar-refractivity contribution is 7.92. The molecule has 2 heterocycles. The maximum atomic E-state index is 13.9. The zero-order valence-electron chi connectivity index (χ0n) is 15.2. The molecule has 0 unspecified atom stereocenters. The fourth-order valence-electron chi connectivity index (χ4n) is 3.06. The first-order valence-electron chi connectivity index (χ1n) is 8.64. The number of anilines is 1. The quantitative estimate of drug-likeness (QED) is 0.629. The normalized spacial score (nSPS) is 13.5. The van der Waals surface area contributed by atoms with E-state index in [0.29, 0.717) is 0 Å². The summed E-state index contributed by atoms with van der Waals surface area (Å²) < 4.78 is 54.8. The molecule has 2 aromatic carbocycles. The molecule has 7 nitrogen and oxygen atoms in total. The fourth-order valence-corrected chi connectivity index (χ4v) is 4.37. The summed E-state index contributed by atoms with van der Waals surface area (Å²) in [6.07, 6.45) is 1.37. The first kappa shape index (κ1) is 19.6. The molecule has 0 aliphatic carbocycles. The number of hydrogen-bond acceptors (Lipinski definition) is 5. The van der Waals surface area contributed by atoms with Crippen molar-refractivity contribution >= 4 is 27.5 Å². The minimum absolute atomic E-state index is 0.0283. The van der Waals surface area contributed by atoms with Gasteiger partial charge in [-0.3, -0.25) is 24.2 Å². The van der Waals surface area contributed by atoms with Crippen molar-refractivity contribution in [2.75, 3.05) is 4.72 Å². The van der Waals surface area contributed by atoms with Gasteiger partial charge in [-0.1, -0.05) is 6.07 Å². The van der Waals surface area contributed by atoms with Gasteiger partial charge in [0.25, 0.3) is 21.8 Å². The summed E-state index contributed by atoms with van der Waals surface area (Å²) in [6.45, 7) is -0.395. The number of pyridine rings is 1. The summed E-state index contributed by atoms with van der Waals surface area (Å²) in [5.74, 6) is -2.66. The third-order valence-electron chi connectivity index (χ3n) is 4.47. The number of fused-ring (bicyclic) bond motifs is 1. The van der Waals surface area contributed by atoms with Crippen molar-refractivity contribution in [3.8, 4) is 0 Å². The molecule has 3 aromatic rings. The Kier molecular flexibility index (Phi) is 4.78. The summed E-state index contributed by atoms with van der Waals surface area (Å²) in [5, 5.41) is 0. The van der Waals surface area contributed by atoms with Crippen molar-refractivity contribution in [1.29, 1.82) is 0 Å². The summed E-state index contributed by atoms with van der Waals surface area (Å²) >= 11 is 0. The van der Waals surface area contributed by atoms with Crippen molar-refractivity contribution in [3.63, 3.8) is 0 Å². The van der Waals surface area contributed by atoms with Crippen molar-refractivity contribution in [2.45, 2.75) is 11.4 Å². The maximum Gasteiger partial charge on any atom is 0.280 e. The molecule has 4 rings (SSSR count). The molecule has 0 bridgehead atoms. The lowest BCUT2D eigenvalue weighted by molar-refractivity contribution is 0.0639. The number of aromatic nitrogens is 1. The van der Waals surface area contributed by atoms with Gasteiger partial charge in [0.05, 0.1) is 17.0 Å². The number of halogens is 2. The highest BCUT2D eigenvalue weighted by Gasteiger charge is 2.37. The van der Waals surface area contributed by atoms with Crippen LogP contribution >= 0.6 is 0 Å². The number of carbonyl (C=O) groups is 2. The molecule has 0 fully saturated rings. The Morgan fingerprint density at radius 2 is 1.63 bits per heavy atom. The number of rotatable bonds is 5. The van der Waals surface area contributed by atoms with Gasteiger partial charge < -0.3 is 0 Å². The van der Waals surface area contributed by atoms with Gasteiger partial charge >= 0.3 is 0 Å². The van der Waals surface area contributed by atoms with Crippen LogP contribution in [-0.4, -0.2) is 30.1 Å². The van der Waals surface area contributed by atoms with Gasteiger partial charge in [-0.2, -0.15) is 0 Å². The van der Waals surface area contributed by atoms with E-state index in [0.717, 1.165) is 29.2 Å². The predicted octanol–water partition coefficient (Wildman–Crippen LogP) is 2.96. The van der Waals surface area contributed by atoms with Gasteiger partial charge in [0.1, 0.15) is 17.3 Å². The first-order valence-corrected chi connectivity index (χ1v) is 10.1. The molecule has 0 spiro atoms. The third kappa shape index (κ3) is 3.52. The van der Waals surface area contributed by atoms with Gasteiger partial charge in [-0.05, 0) is 54.1 Å². The monoisotopic (exact) mass is 429 g/mol. The van der Waals surface area contributed by atoms with Crippen LogP contribution in [-0.2, 0) is 16.6 Å². The van der Waals surface area contributed by atoms with Crippen LogP contribution in [0.5, 0.6) is 0 Å². The van der Waals surface area contributed by atoms with Crippen molar-refractivity contribution in [3.05, 3.63) is 89.2 Å². The molecule has 1 aliphatic rings. The second-order valence-corrected chi connectivity index (χ2v) is 8.11. The van der Waals surface area contributed by atoms with Crippen LogP contribution in [0.3, 0.4) is 0 Å². The average molecular weight is 429 g/mol. The van der Waals surface area contributed by atoms with Crippen LogP contribution in [0.15, 0.2) is 65.7 Å². The van der Waals surface area contributed by atoms with Gasteiger partial charge in [-0.15, -0.1) is 0 Å². The predicted molar refractivity (Wildman–Crippen MR) is 102 cm³/mol. The maximum absolute atomic E-state index is 13.9. The smallest absolute Gasteiger partial charge is 0.280 e. The number of imide groups is 1. The van der Waals surface area contributed by atoms with E-state index in [-0.39, 0.29) is 22.5 Å². The Hall–Kier alpha value is -3.66. The Morgan fingerprint density at radius 3 is 2.33 bits per heavy atom. The van der Waals surface area contributed by atoms with Gasteiger partial charge in [0.15, 0.2) is 0 Å². The third-order valence-corrected chi connectivity index (χ3v) is 5.94. The van der Waals surface area contributed by atoms with Gasteiger partial charge in [-0.25, -0.2) is 17.2 Å². The number of hydrogen-bond donors (Lipinski definition) is 1. The molecular weight excluding hydrogens is 416 g/mol. The Bertz CT molecular complexity index is 1240. The van der Waals surface area contributed by atoms with Crippen LogP contribution < -0.4 is 4.72 Å². The zero-order valence-corrected chi connectivity index (χ0v) is 16.0. The van der Waals surface area contributed by atoms with E-state index in [9.17, 15) is 26.8 Å². The second kappa shape index (κ2) is 7.30. The highest BCUT2D eigenvalue weighted by Crippen LogP contribution is 2.27. The molecule has 0 saturated heterocycles. The van der Waals surface area contributed by atoms with Crippen molar-refractivity contribution < 1.29 is 26.8 Å². The van der Waals surface area contributed by atoms with E-state index in [1.54, 1.807) is 0 Å². The summed E-state index contributed by atoms with van der Waals surface area (Å²) in [7, 11) is -4.30. The molecule has 30 heavy (non-hydrogen) atoms. The molecule has 1 N–H and O–H groups in total. The summed E-state index contributed by atoms with van der Waals surface area (Å²) in [6, 6.07) is 10.5. The van der Waals surface area contributed by atoms with Gasteiger partial charge in [0.2, 0.25) is 0 Å². The first-order chi connectivity index (χ1) is 14.3. The van der Waals surface area contributed by atoms with Crippen LogP contribution in [0, 0.1) is 11.6 Å². The number of benzene rings is 2. The zero-order chi connectivity index (χ0) is 21.5. The molecule has 2 amide bonds. The van der Waals surface area contributed by atoms with Crippen LogP contribution in [0.1, 0.15) is 26.4 Å². The van der Waals surface area contributed by atoms with E-state index in [4.69, 9.17) is 0 Å². The SMILES string of the molecule is O=C1c2cccnc2C(=O)N1Cc1ccc(F)cc1S(=O)(=O)Nc1ccc(F)cc1. The topological polar surface area (TPSA) is 96.4 Å². The molecule has 0 radical (unpaired) electrons. The number of carbonyl (C=O) groups excluding carboxylic acids is 2. The molecular formula is C20H13F2N3O4S. The fraction of sp³-hybridized carbons (Fsp3) is 0.0500. The molecule has 1 aromatic heterocycles. The largest absolute Gasteiger partial charge is 0.280 e. The molecule has 10 heteroatoms. The van der Waals surface area contributed by atoms with E-state index < -0.39 is 44.9 Å². The highest BCUT2D eigenvalue weighted by atomic mass is 32.2. The van der Waals surface area contributed by atoms with Crippen LogP contribution in [0.2, 0.25) is 0 Å². The van der Waals surface area contributed by atoms with E-state index in [1.165, 1.54) is 36.5 Å². The summed E-state index contributed by atoms with van der Waals surface area (Å²) in [5.41, 5.74) is 0.175. The number of amides is 2. The average Bonchev–Trinajstić information content (AvgIpc) is 2.96. The Morgan fingerprint density at radius 1 is 0.933 bits per heavy atom. The van der Waals surface area contributed by atoms with Gasteiger partial charge in [0, 0.05) is 11.9 Å². The van der Waals surface area contributed by atoms with E-state index in [1.807, 2.05) is 0 Å². The van der Waals surface area contributed by atoms with E-state index >= 15 is 0 Å². The standard InChI is InChI=1S/C20H13F2N3O4S/c21-13-5-7-15(8-6-13)24-30(28,29)17-10-14(22)4-3-12(17)11-25-19(26)16-2-1-9-23-18(16)20(25)27/h1-10,24H,11H2. The van der Waals surface area contributed by atoms with Crippen molar-refractivity contribution in [2.24, 2.45) is 0 Å². The number of nitrogens with zero attached hydrogens (tertiary/aromatic N) is 2. The lowest BCUT2D eigenvalue weighted by atomic mass is 10.2. The lowest BCUT2D eigenvalue weighted by Gasteiger charge is -2.17. The number of nitrogens with one attached hydrogen (secondary N) is 1. The lowest BCUT2D eigenvalue weighted by Crippen LogP contribution is -2.30. The molecule has 0 atom stereocenters. The second-order valence-electron chi connectivity index (χ2n) is 6.46. The molecule has 1 aliphatic heterocycles. The van der Waals surface area contributed by atoms with Crippen LogP contribution in [0.25, 0.3) is 0 Å². The van der Waals surface area contributed by atoms with E-state index in [2.05, 4.69) is 9.71 Å². The number of sulfonamides is 1. The Labute approximate surface area is 170 Å². The summed E-state index contributed by atoms with van der Waals surface area (Å²) in [4.78, 5) is 29.4. The van der Waals surface area contributed by atoms with Crippen molar-refractivity contribution in [1.82, 2.24) is 9.88 Å². The Balaban J connectivity index is 1.68. The minimum Gasteiger partial charge on any atom is -0.280 e. The molecule has 152 valence electrons.